The number of carbonyl (C=O) groups is 1. The average Bonchev–Trinajstić information content (AvgIpc) is 2.76. The van der Waals surface area contributed by atoms with Gasteiger partial charge in [0.1, 0.15) is 0 Å². The minimum Gasteiger partial charge on any atom is -0.479 e. The van der Waals surface area contributed by atoms with Crippen LogP contribution in [0.5, 0.6) is 0 Å². The van der Waals surface area contributed by atoms with Crippen molar-refractivity contribution in [2.45, 2.75) is 25.0 Å². The second-order valence-corrected chi connectivity index (χ2v) is 6.02. The van der Waals surface area contributed by atoms with Crippen LogP contribution in [0.3, 0.4) is 0 Å². The molecule has 2 unspecified atom stereocenters. The van der Waals surface area contributed by atoms with Gasteiger partial charge in [-0.15, -0.1) is 0 Å². The summed E-state index contributed by atoms with van der Waals surface area (Å²) in [4.78, 5) is 10.8. The first-order valence-corrected chi connectivity index (χ1v) is 7.29. The second kappa shape index (κ2) is 6.31. The molecule has 0 bridgehead atoms. The molecule has 1 aliphatic heterocycles. The number of nitrogens with one attached hydrogen (secondary N) is 1. The second-order valence-electron chi connectivity index (χ2n) is 4.29. The Morgan fingerprint density at radius 2 is 2.05 bits per heavy atom. The van der Waals surface area contributed by atoms with E-state index in [1.165, 1.54) is 0 Å². The highest BCUT2D eigenvalue weighted by Crippen LogP contribution is 2.34. The Morgan fingerprint density at radius 3 is 2.58 bits per heavy atom. The molecule has 7 heteroatoms. The van der Waals surface area contributed by atoms with Gasteiger partial charge < -0.3 is 15.2 Å². The van der Waals surface area contributed by atoms with Crippen molar-refractivity contribution in [1.82, 2.24) is 0 Å². The smallest absolute Gasteiger partial charge is 0.332 e. The maximum atomic E-state index is 10.8. The number of carboxylic acids is 1. The summed E-state index contributed by atoms with van der Waals surface area (Å²) in [6.45, 7) is 0.477. The standard InChI is InChI=1S/C12H12BrCl2NO3/c13-6-3-8(14)11(9(15)4-6)16-5-7-1-2-10(19-7)12(17)18/h3-4,7,10,16H,1-2,5H2,(H,17,18). The average molecular weight is 369 g/mol. The fraction of sp³-hybridized carbons (Fsp3) is 0.417. The largest absolute Gasteiger partial charge is 0.479 e. The summed E-state index contributed by atoms with van der Waals surface area (Å²) in [5, 5.41) is 13.0. The number of rotatable bonds is 4. The predicted octanol–water partition coefficient (Wildman–Crippen LogP) is 3.80. The lowest BCUT2D eigenvalue weighted by Crippen LogP contribution is -2.24. The van der Waals surface area contributed by atoms with Crippen LogP contribution in [0.1, 0.15) is 12.8 Å². The minimum atomic E-state index is -0.915. The third kappa shape index (κ3) is 3.75. The molecule has 4 nitrogen and oxygen atoms in total. The zero-order valence-electron chi connectivity index (χ0n) is 9.83. The summed E-state index contributed by atoms with van der Waals surface area (Å²) in [5.41, 5.74) is 0.633. The first kappa shape index (κ1) is 14.9. The van der Waals surface area contributed by atoms with E-state index in [4.69, 9.17) is 33.0 Å². The SMILES string of the molecule is O=C(O)C1CCC(CNc2c(Cl)cc(Br)cc2Cl)O1. The Hall–Kier alpha value is -0.490. The molecule has 0 radical (unpaired) electrons. The van der Waals surface area contributed by atoms with Crippen molar-refractivity contribution >= 4 is 50.8 Å². The van der Waals surface area contributed by atoms with E-state index in [0.29, 0.717) is 35.1 Å². The fourth-order valence-corrected chi connectivity index (χ4v) is 3.31. The van der Waals surface area contributed by atoms with Gasteiger partial charge in [-0.25, -0.2) is 4.79 Å². The molecule has 1 aromatic carbocycles. The van der Waals surface area contributed by atoms with E-state index in [1.807, 2.05) is 0 Å². The number of halogens is 3. The van der Waals surface area contributed by atoms with E-state index in [2.05, 4.69) is 21.2 Å². The molecule has 19 heavy (non-hydrogen) atoms. The quantitative estimate of drug-likeness (QED) is 0.848. The third-order valence-corrected chi connectivity index (χ3v) is 3.95. The monoisotopic (exact) mass is 367 g/mol. The lowest BCUT2D eigenvalue weighted by Gasteiger charge is -2.15. The summed E-state index contributed by atoms with van der Waals surface area (Å²) in [5.74, 6) is -0.915. The molecule has 0 amide bonds. The van der Waals surface area contributed by atoms with Crippen LogP contribution in [-0.4, -0.2) is 29.8 Å². The summed E-state index contributed by atoms with van der Waals surface area (Å²) in [6.07, 6.45) is 0.388. The molecule has 2 rings (SSSR count). The van der Waals surface area contributed by atoms with Crippen molar-refractivity contribution in [3.63, 3.8) is 0 Å². The summed E-state index contributed by atoms with van der Waals surface area (Å²) < 4.78 is 6.19. The number of ether oxygens (including phenoxy) is 1. The topological polar surface area (TPSA) is 58.6 Å². The number of aliphatic carboxylic acids is 1. The summed E-state index contributed by atoms with van der Waals surface area (Å²) in [6, 6.07) is 3.48. The Morgan fingerprint density at radius 1 is 1.42 bits per heavy atom. The van der Waals surface area contributed by atoms with Crippen LogP contribution < -0.4 is 5.32 Å². The van der Waals surface area contributed by atoms with E-state index in [-0.39, 0.29) is 6.10 Å². The molecule has 1 fully saturated rings. The highest BCUT2D eigenvalue weighted by atomic mass is 79.9. The highest BCUT2D eigenvalue weighted by molar-refractivity contribution is 9.10. The van der Waals surface area contributed by atoms with Crippen LogP contribution in [0.15, 0.2) is 16.6 Å². The first-order valence-electron chi connectivity index (χ1n) is 5.74. The molecule has 1 heterocycles. The van der Waals surface area contributed by atoms with Gasteiger partial charge in [-0.05, 0) is 25.0 Å². The van der Waals surface area contributed by atoms with E-state index in [0.717, 1.165) is 4.47 Å². The van der Waals surface area contributed by atoms with E-state index < -0.39 is 12.1 Å². The van der Waals surface area contributed by atoms with Gasteiger partial charge in [0.2, 0.25) is 0 Å². The lowest BCUT2D eigenvalue weighted by atomic mass is 10.2. The normalized spacial score (nSPS) is 22.5. The van der Waals surface area contributed by atoms with Crippen LogP contribution in [0.25, 0.3) is 0 Å². The molecule has 0 aliphatic carbocycles. The Kier molecular flexibility index (Phi) is 4.95. The molecule has 0 aromatic heterocycles. The van der Waals surface area contributed by atoms with Gasteiger partial charge in [0.15, 0.2) is 6.10 Å². The molecule has 104 valence electrons. The van der Waals surface area contributed by atoms with E-state index in [9.17, 15) is 4.79 Å². The Balaban J connectivity index is 1.95. The molecular formula is C12H12BrCl2NO3. The summed E-state index contributed by atoms with van der Waals surface area (Å²) in [7, 11) is 0. The van der Waals surface area contributed by atoms with Crippen LogP contribution in [0, 0.1) is 0 Å². The van der Waals surface area contributed by atoms with Gasteiger partial charge in [0, 0.05) is 11.0 Å². The van der Waals surface area contributed by atoms with Crippen LogP contribution >= 0.6 is 39.1 Å². The maximum absolute atomic E-state index is 10.8. The number of hydrogen-bond acceptors (Lipinski definition) is 3. The van der Waals surface area contributed by atoms with Gasteiger partial charge >= 0.3 is 5.97 Å². The number of carboxylic acid groups (broad SMARTS) is 1. The van der Waals surface area contributed by atoms with Gasteiger partial charge in [0.25, 0.3) is 0 Å². The van der Waals surface area contributed by atoms with Crippen molar-refractivity contribution < 1.29 is 14.6 Å². The van der Waals surface area contributed by atoms with Crippen molar-refractivity contribution in [1.29, 1.82) is 0 Å². The lowest BCUT2D eigenvalue weighted by molar-refractivity contribution is -0.149. The van der Waals surface area contributed by atoms with Gasteiger partial charge in [-0.2, -0.15) is 0 Å². The number of benzene rings is 1. The fourth-order valence-electron chi connectivity index (χ4n) is 1.96. The maximum Gasteiger partial charge on any atom is 0.332 e. The first-order chi connectivity index (χ1) is 8.97. The zero-order chi connectivity index (χ0) is 14.0. The molecule has 0 saturated carbocycles. The van der Waals surface area contributed by atoms with Crippen molar-refractivity contribution in [2.75, 3.05) is 11.9 Å². The molecule has 0 spiro atoms. The Bertz CT molecular complexity index is 475. The minimum absolute atomic E-state index is 0.142. The van der Waals surface area contributed by atoms with Crippen LogP contribution in [0.4, 0.5) is 5.69 Å². The molecule has 1 aliphatic rings. The van der Waals surface area contributed by atoms with Crippen LogP contribution in [-0.2, 0) is 9.53 Å². The van der Waals surface area contributed by atoms with Gasteiger partial charge in [-0.3, -0.25) is 0 Å². The van der Waals surface area contributed by atoms with Crippen molar-refractivity contribution in [3.05, 3.63) is 26.7 Å². The molecule has 2 atom stereocenters. The van der Waals surface area contributed by atoms with Gasteiger partial charge in [-0.1, -0.05) is 39.1 Å². The molecule has 2 N–H and O–H groups in total. The van der Waals surface area contributed by atoms with Crippen molar-refractivity contribution in [3.8, 4) is 0 Å². The number of hydrogen-bond donors (Lipinski definition) is 2. The predicted molar refractivity (Wildman–Crippen MR) is 78.2 cm³/mol. The van der Waals surface area contributed by atoms with E-state index >= 15 is 0 Å². The highest BCUT2D eigenvalue weighted by Gasteiger charge is 2.30. The third-order valence-electron chi connectivity index (χ3n) is 2.90. The molecule has 1 aromatic rings. The van der Waals surface area contributed by atoms with E-state index in [1.54, 1.807) is 12.1 Å². The number of anilines is 1. The molecule has 1 saturated heterocycles. The Labute approximate surface area is 129 Å². The molecular weight excluding hydrogens is 357 g/mol. The van der Waals surface area contributed by atoms with Crippen molar-refractivity contribution in [2.24, 2.45) is 0 Å². The van der Waals surface area contributed by atoms with Gasteiger partial charge in [0.05, 0.1) is 21.8 Å². The van der Waals surface area contributed by atoms with Crippen LogP contribution in [0.2, 0.25) is 10.0 Å². The summed E-state index contributed by atoms with van der Waals surface area (Å²) >= 11 is 15.5. The zero-order valence-corrected chi connectivity index (χ0v) is 12.9.